The Morgan fingerprint density at radius 1 is 0.971 bits per heavy atom. The van der Waals surface area contributed by atoms with Crippen LogP contribution in [0.25, 0.3) is 16.6 Å². The number of halogens is 3. The molecular formula is C25H21F3N2O3S. The number of ether oxygens (including phenoxy) is 1. The lowest BCUT2D eigenvalue weighted by atomic mass is 9.87. The van der Waals surface area contributed by atoms with Gasteiger partial charge in [-0.2, -0.15) is 8.78 Å². The lowest BCUT2D eigenvalue weighted by Crippen LogP contribution is -2.11. The summed E-state index contributed by atoms with van der Waals surface area (Å²) in [7, 11) is -3.47. The van der Waals surface area contributed by atoms with Crippen LogP contribution in [-0.2, 0) is 15.4 Å². The Labute approximate surface area is 194 Å². The maximum atomic E-state index is 13.5. The van der Waals surface area contributed by atoms with Crippen molar-refractivity contribution >= 4 is 26.6 Å². The summed E-state index contributed by atoms with van der Waals surface area (Å²) in [6.45, 7) is -2.99. The van der Waals surface area contributed by atoms with Crippen molar-refractivity contribution in [3.05, 3.63) is 89.9 Å². The second-order valence-electron chi connectivity index (χ2n) is 8.52. The summed E-state index contributed by atoms with van der Waals surface area (Å²) < 4.78 is 72.1. The molecule has 0 amide bonds. The molecule has 1 aliphatic carbocycles. The highest BCUT2D eigenvalue weighted by molar-refractivity contribution is 7.92. The third kappa shape index (κ3) is 4.35. The summed E-state index contributed by atoms with van der Waals surface area (Å²) in [5.74, 6) is -0.324. The van der Waals surface area contributed by atoms with Crippen molar-refractivity contribution in [1.29, 1.82) is 0 Å². The van der Waals surface area contributed by atoms with E-state index in [4.69, 9.17) is 4.74 Å². The molecule has 176 valence electrons. The van der Waals surface area contributed by atoms with Crippen LogP contribution >= 0.6 is 0 Å². The number of nitrogens with one attached hydrogen (secondary N) is 1. The average Bonchev–Trinajstić information content (AvgIpc) is 3.46. The van der Waals surface area contributed by atoms with Gasteiger partial charge in [-0.15, -0.1) is 0 Å². The number of rotatable bonds is 7. The molecule has 0 aliphatic heterocycles. The van der Waals surface area contributed by atoms with E-state index in [2.05, 4.69) is 4.72 Å². The van der Waals surface area contributed by atoms with E-state index in [1.165, 1.54) is 18.2 Å². The van der Waals surface area contributed by atoms with E-state index < -0.39 is 22.0 Å². The molecule has 34 heavy (non-hydrogen) atoms. The van der Waals surface area contributed by atoms with E-state index in [1.54, 1.807) is 47.2 Å². The van der Waals surface area contributed by atoms with Crippen molar-refractivity contribution in [3.8, 4) is 11.4 Å². The van der Waals surface area contributed by atoms with Gasteiger partial charge in [0.25, 0.3) is 0 Å². The lowest BCUT2D eigenvalue weighted by molar-refractivity contribution is -0.0498. The number of nitrogens with zero attached hydrogens (tertiary/aromatic N) is 1. The molecule has 1 heterocycles. The topological polar surface area (TPSA) is 60.3 Å². The van der Waals surface area contributed by atoms with Gasteiger partial charge in [-0.05, 0) is 66.4 Å². The van der Waals surface area contributed by atoms with Crippen molar-refractivity contribution in [1.82, 2.24) is 4.57 Å². The van der Waals surface area contributed by atoms with Gasteiger partial charge in [0.2, 0.25) is 10.0 Å². The Kier molecular flexibility index (Phi) is 5.31. The van der Waals surface area contributed by atoms with Gasteiger partial charge < -0.3 is 9.30 Å². The van der Waals surface area contributed by atoms with Gasteiger partial charge in [-0.1, -0.05) is 18.2 Å². The molecule has 1 fully saturated rings. The standard InChI is InChI=1S/C25H21F3N2O3S/c1-34(31,32)29-20-7-2-16-8-11-30(23(16)14-20)21-12-18(13-22(15-21)33-24(27)28)25(9-10-25)17-3-5-19(26)6-4-17/h2-8,11-15,24,29H,9-10H2,1H3. The van der Waals surface area contributed by atoms with Crippen LogP contribution in [0.5, 0.6) is 5.75 Å². The van der Waals surface area contributed by atoms with E-state index in [-0.39, 0.29) is 11.6 Å². The first-order valence-electron chi connectivity index (χ1n) is 10.6. The number of hydrogen-bond donors (Lipinski definition) is 1. The molecule has 3 aromatic carbocycles. The highest BCUT2D eigenvalue weighted by atomic mass is 32.2. The third-order valence-electron chi connectivity index (χ3n) is 6.09. The Bertz CT molecular complexity index is 1480. The molecule has 0 saturated heterocycles. The van der Waals surface area contributed by atoms with Gasteiger partial charge in [0.15, 0.2) is 0 Å². The van der Waals surface area contributed by atoms with Gasteiger partial charge in [0.05, 0.1) is 17.5 Å². The van der Waals surface area contributed by atoms with Crippen LogP contribution in [0.2, 0.25) is 0 Å². The van der Waals surface area contributed by atoms with Gasteiger partial charge in [0, 0.05) is 28.8 Å². The molecule has 1 N–H and O–H groups in total. The maximum Gasteiger partial charge on any atom is 0.387 e. The lowest BCUT2D eigenvalue weighted by Gasteiger charge is -2.20. The average molecular weight is 487 g/mol. The molecule has 9 heteroatoms. The molecule has 0 bridgehead atoms. The van der Waals surface area contributed by atoms with Crippen molar-refractivity contribution in [3.63, 3.8) is 0 Å². The number of aromatic nitrogens is 1. The predicted octanol–water partition coefficient (Wildman–Crippen LogP) is 5.82. The molecule has 1 aromatic heterocycles. The third-order valence-corrected chi connectivity index (χ3v) is 6.70. The zero-order valence-electron chi connectivity index (χ0n) is 18.1. The SMILES string of the molecule is CS(=O)(=O)Nc1ccc2ccn(-c3cc(OC(F)F)cc(C4(c5ccc(F)cc5)CC4)c3)c2c1. The molecule has 5 nitrogen and oxygen atoms in total. The molecule has 4 aromatic rings. The highest BCUT2D eigenvalue weighted by Crippen LogP contribution is 2.54. The Morgan fingerprint density at radius 3 is 2.35 bits per heavy atom. The van der Waals surface area contributed by atoms with Gasteiger partial charge >= 0.3 is 6.61 Å². The number of hydrogen-bond acceptors (Lipinski definition) is 3. The Morgan fingerprint density at radius 2 is 1.71 bits per heavy atom. The molecule has 0 unspecified atom stereocenters. The van der Waals surface area contributed by atoms with Crippen molar-refractivity contribution in [2.45, 2.75) is 24.9 Å². The van der Waals surface area contributed by atoms with Crippen LogP contribution in [0.3, 0.4) is 0 Å². The second kappa shape index (κ2) is 8.09. The fraction of sp³-hybridized carbons (Fsp3) is 0.200. The number of benzene rings is 3. The molecule has 0 radical (unpaired) electrons. The van der Waals surface area contributed by atoms with Crippen LogP contribution in [0, 0.1) is 5.82 Å². The van der Waals surface area contributed by atoms with E-state index in [0.29, 0.717) is 16.9 Å². The summed E-state index contributed by atoms with van der Waals surface area (Å²) in [6, 6.07) is 18.2. The number of fused-ring (bicyclic) bond motifs is 1. The summed E-state index contributed by atoms with van der Waals surface area (Å²) in [4.78, 5) is 0. The first-order chi connectivity index (χ1) is 16.1. The zero-order valence-corrected chi connectivity index (χ0v) is 19.0. The van der Waals surface area contributed by atoms with Crippen molar-refractivity contribution in [2.75, 3.05) is 11.0 Å². The minimum atomic E-state index is -3.47. The van der Waals surface area contributed by atoms with E-state index in [9.17, 15) is 21.6 Å². The van der Waals surface area contributed by atoms with Gasteiger partial charge in [-0.25, -0.2) is 12.8 Å². The van der Waals surface area contributed by atoms with Crippen molar-refractivity contribution < 1.29 is 26.3 Å². The van der Waals surface area contributed by atoms with E-state index in [0.717, 1.165) is 35.6 Å². The number of anilines is 1. The Hall–Kier alpha value is -3.46. The zero-order chi connectivity index (χ0) is 24.1. The molecule has 1 aliphatic rings. The maximum absolute atomic E-state index is 13.5. The predicted molar refractivity (Wildman–Crippen MR) is 125 cm³/mol. The van der Waals surface area contributed by atoms with Crippen LogP contribution in [0.15, 0.2) is 72.9 Å². The van der Waals surface area contributed by atoms with E-state index in [1.807, 2.05) is 12.1 Å². The molecular weight excluding hydrogens is 465 g/mol. The van der Waals surface area contributed by atoms with Crippen LogP contribution in [0.4, 0.5) is 18.9 Å². The van der Waals surface area contributed by atoms with Gasteiger partial charge in [0.1, 0.15) is 11.6 Å². The number of alkyl halides is 2. The summed E-state index contributed by atoms with van der Waals surface area (Å²) >= 11 is 0. The normalized spacial score (nSPS) is 15.0. The highest BCUT2D eigenvalue weighted by Gasteiger charge is 2.46. The quantitative estimate of drug-likeness (QED) is 0.358. The largest absolute Gasteiger partial charge is 0.435 e. The minimum Gasteiger partial charge on any atom is -0.435 e. The fourth-order valence-electron chi connectivity index (χ4n) is 4.44. The molecule has 0 atom stereocenters. The summed E-state index contributed by atoms with van der Waals surface area (Å²) in [5, 5.41) is 0.848. The summed E-state index contributed by atoms with van der Waals surface area (Å²) in [5.41, 5.74) is 2.97. The van der Waals surface area contributed by atoms with Crippen LogP contribution < -0.4 is 9.46 Å². The van der Waals surface area contributed by atoms with Crippen molar-refractivity contribution in [2.24, 2.45) is 0 Å². The second-order valence-corrected chi connectivity index (χ2v) is 10.3. The summed E-state index contributed by atoms with van der Waals surface area (Å²) in [6.07, 6.45) is 4.45. The smallest absolute Gasteiger partial charge is 0.387 e. The Balaban J connectivity index is 1.64. The first-order valence-corrected chi connectivity index (χ1v) is 12.5. The molecule has 1 saturated carbocycles. The fourth-order valence-corrected chi connectivity index (χ4v) is 4.99. The molecule has 0 spiro atoms. The van der Waals surface area contributed by atoms with Crippen LogP contribution in [0.1, 0.15) is 24.0 Å². The number of sulfonamides is 1. The van der Waals surface area contributed by atoms with Crippen LogP contribution in [-0.4, -0.2) is 25.9 Å². The van der Waals surface area contributed by atoms with Gasteiger partial charge in [-0.3, -0.25) is 4.72 Å². The first kappa shape index (κ1) is 22.3. The minimum absolute atomic E-state index is 0.0168. The monoisotopic (exact) mass is 486 g/mol. The van der Waals surface area contributed by atoms with E-state index >= 15 is 0 Å². The molecule has 5 rings (SSSR count).